The van der Waals surface area contributed by atoms with Gasteiger partial charge in [0.1, 0.15) is 18.7 Å². The summed E-state index contributed by atoms with van der Waals surface area (Å²) in [5.74, 6) is -1.19. The number of primary amides is 1. The second kappa shape index (κ2) is 12.2. The Labute approximate surface area is 174 Å². The van der Waals surface area contributed by atoms with E-state index in [9.17, 15) is 14.4 Å². The van der Waals surface area contributed by atoms with Crippen molar-refractivity contribution in [3.63, 3.8) is 0 Å². The molecule has 0 unspecified atom stereocenters. The summed E-state index contributed by atoms with van der Waals surface area (Å²) in [5, 5.41) is 5.15. The third-order valence-electron chi connectivity index (χ3n) is 4.41. The standard InChI is InChI=1S/C20H28N6O4/c21-9-5-4-8-16(18(22)27)25-19(28)17(10-15-11-23-13-24-15)26-20(29)30-12-14-6-2-1-3-7-14/h1-3,6-7,11,13,16-17H,4-5,8-10,12,21H2,(H2,22,27)(H,23,24)(H,25,28)(H,26,29)/t16-,17-/m0/s1. The number of hydrogen-bond donors (Lipinski definition) is 5. The minimum absolute atomic E-state index is 0.0636. The number of benzene rings is 1. The van der Waals surface area contributed by atoms with Gasteiger partial charge in [0.05, 0.1) is 6.33 Å². The summed E-state index contributed by atoms with van der Waals surface area (Å²) in [4.78, 5) is 43.5. The predicted octanol–water partition coefficient (Wildman–Crippen LogP) is 0.346. The quantitative estimate of drug-likeness (QED) is 0.313. The molecule has 3 amide bonds. The number of amides is 3. The summed E-state index contributed by atoms with van der Waals surface area (Å²) in [6, 6.07) is 7.33. The van der Waals surface area contributed by atoms with Gasteiger partial charge in [-0.05, 0) is 31.4 Å². The van der Waals surface area contributed by atoms with Crippen LogP contribution in [0.5, 0.6) is 0 Å². The molecular weight excluding hydrogens is 388 g/mol. The number of nitrogens with zero attached hydrogens (tertiary/aromatic N) is 1. The van der Waals surface area contributed by atoms with E-state index in [4.69, 9.17) is 16.2 Å². The van der Waals surface area contributed by atoms with Gasteiger partial charge in [-0.15, -0.1) is 0 Å². The first-order valence-electron chi connectivity index (χ1n) is 9.73. The number of aromatic amines is 1. The SMILES string of the molecule is NCCCC[C@H](NC(=O)[C@H](Cc1cnc[nH]1)NC(=O)OCc1ccccc1)C(N)=O. The summed E-state index contributed by atoms with van der Waals surface area (Å²) < 4.78 is 5.20. The third kappa shape index (κ3) is 7.92. The highest BCUT2D eigenvalue weighted by atomic mass is 16.5. The highest BCUT2D eigenvalue weighted by molar-refractivity contribution is 5.90. The lowest BCUT2D eigenvalue weighted by Crippen LogP contribution is -2.53. The van der Waals surface area contributed by atoms with Crippen molar-refractivity contribution in [2.24, 2.45) is 11.5 Å². The van der Waals surface area contributed by atoms with Gasteiger partial charge >= 0.3 is 6.09 Å². The molecule has 0 fully saturated rings. The number of carbonyl (C=O) groups is 3. The number of rotatable bonds is 12. The van der Waals surface area contributed by atoms with Crippen molar-refractivity contribution in [3.8, 4) is 0 Å². The van der Waals surface area contributed by atoms with Crippen LogP contribution in [0.4, 0.5) is 4.79 Å². The van der Waals surface area contributed by atoms with Gasteiger partial charge in [-0.25, -0.2) is 9.78 Å². The molecule has 0 saturated carbocycles. The first kappa shape index (κ1) is 22.9. The summed E-state index contributed by atoms with van der Waals surface area (Å²) in [5.41, 5.74) is 12.3. The van der Waals surface area contributed by atoms with Gasteiger partial charge in [0.15, 0.2) is 0 Å². The first-order chi connectivity index (χ1) is 14.5. The first-order valence-corrected chi connectivity index (χ1v) is 9.73. The van der Waals surface area contributed by atoms with Gasteiger partial charge in [0.25, 0.3) is 0 Å². The summed E-state index contributed by atoms with van der Waals surface area (Å²) in [6.45, 7) is 0.546. The number of ether oxygens (including phenoxy) is 1. The molecule has 0 radical (unpaired) electrons. The van der Waals surface area contributed by atoms with E-state index in [1.165, 1.54) is 6.33 Å². The zero-order valence-electron chi connectivity index (χ0n) is 16.7. The number of hydrogen-bond acceptors (Lipinski definition) is 6. The van der Waals surface area contributed by atoms with Crippen LogP contribution in [-0.2, 0) is 27.4 Å². The van der Waals surface area contributed by atoms with Gasteiger partial charge in [-0.2, -0.15) is 0 Å². The van der Waals surface area contributed by atoms with Crippen molar-refractivity contribution >= 4 is 17.9 Å². The van der Waals surface area contributed by atoms with Crippen LogP contribution in [0.1, 0.15) is 30.5 Å². The maximum Gasteiger partial charge on any atom is 0.408 e. The van der Waals surface area contributed by atoms with E-state index in [1.54, 1.807) is 6.20 Å². The average Bonchev–Trinajstić information content (AvgIpc) is 3.25. The number of H-pyrrole nitrogens is 1. The van der Waals surface area contributed by atoms with Crippen LogP contribution in [0.15, 0.2) is 42.9 Å². The number of carbonyl (C=O) groups excluding carboxylic acids is 3. The van der Waals surface area contributed by atoms with E-state index in [2.05, 4.69) is 20.6 Å². The lowest BCUT2D eigenvalue weighted by Gasteiger charge is -2.21. The largest absolute Gasteiger partial charge is 0.445 e. The molecule has 2 rings (SSSR count). The highest BCUT2D eigenvalue weighted by Crippen LogP contribution is 2.05. The van der Waals surface area contributed by atoms with Crippen LogP contribution in [-0.4, -0.2) is 46.5 Å². The van der Waals surface area contributed by atoms with Crippen molar-refractivity contribution in [1.82, 2.24) is 20.6 Å². The Morgan fingerprint density at radius 1 is 1.10 bits per heavy atom. The van der Waals surface area contributed by atoms with E-state index in [0.29, 0.717) is 31.5 Å². The molecule has 0 saturated heterocycles. The molecule has 1 heterocycles. The molecule has 1 aromatic carbocycles. The van der Waals surface area contributed by atoms with E-state index in [1.807, 2.05) is 30.3 Å². The Hall–Kier alpha value is -3.40. The Morgan fingerprint density at radius 2 is 1.87 bits per heavy atom. The predicted molar refractivity (Wildman–Crippen MR) is 110 cm³/mol. The Morgan fingerprint density at radius 3 is 2.50 bits per heavy atom. The molecule has 7 N–H and O–H groups in total. The Kier molecular flexibility index (Phi) is 9.32. The maximum absolute atomic E-state index is 12.8. The number of imidazole rings is 1. The smallest absolute Gasteiger partial charge is 0.408 e. The molecule has 0 spiro atoms. The molecule has 0 bridgehead atoms. The number of nitrogens with one attached hydrogen (secondary N) is 3. The van der Waals surface area contributed by atoms with Gasteiger partial charge in [-0.1, -0.05) is 30.3 Å². The maximum atomic E-state index is 12.8. The number of nitrogens with two attached hydrogens (primary N) is 2. The monoisotopic (exact) mass is 416 g/mol. The van der Waals surface area contributed by atoms with Crippen molar-refractivity contribution in [1.29, 1.82) is 0 Å². The van der Waals surface area contributed by atoms with Crippen LogP contribution in [0.25, 0.3) is 0 Å². The van der Waals surface area contributed by atoms with Crippen LogP contribution in [0.3, 0.4) is 0 Å². The summed E-state index contributed by atoms with van der Waals surface area (Å²) in [6.07, 6.45) is 4.12. The highest BCUT2D eigenvalue weighted by Gasteiger charge is 2.26. The molecule has 1 aromatic heterocycles. The van der Waals surface area contributed by atoms with E-state index in [0.717, 1.165) is 5.56 Å². The minimum atomic E-state index is -0.981. The third-order valence-corrected chi connectivity index (χ3v) is 4.41. The fourth-order valence-electron chi connectivity index (χ4n) is 2.78. The van der Waals surface area contributed by atoms with Crippen LogP contribution in [0, 0.1) is 0 Å². The molecule has 0 aliphatic rings. The average molecular weight is 416 g/mol. The second-order valence-corrected chi connectivity index (χ2v) is 6.79. The van der Waals surface area contributed by atoms with Crippen LogP contribution in [0.2, 0.25) is 0 Å². The van der Waals surface area contributed by atoms with Gasteiger partial charge in [0.2, 0.25) is 11.8 Å². The fraction of sp³-hybridized carbons (Fsp3) is 0.400. The minimum Gasteiger partial charge on any atom is -0.445 e. The summed E-state index contributed by atoms with van der Waals surface area (Å²) >= 11 is 0. The van der Waals surface area contributed by atoms with Crippen molar-refractivity contribution in [3.05, 3.63) is 54.1 Å². The number of alkyl carbamates (subject to hydrolysis) is 1. The molecule has 0 aliphatic heterocycles. The number of unbranched alkanes of at least 4 members (excludes halogenated alkanes) is 1. The Bertz CT molecular complexity index is 797. The van der Waals surface area contributed by atoms with Crippen LogP contribution < -0.4 is 22.1 Å². The summed E-state index contributed by atoms with van der Waals surface area (Å²) in [7, 11) is 0. The van der Waals surface area contributed by atoms with Crippen molar-refractivity contribution in [2.75, 3.05) is 6.54 Å². The molecule has 2 atom stereocenters. The molecule has 0 aliphatic carbocycles. The molecule has 162 valence electrons. The topological polar surface area (TPSA) is 165 Å². The molecule has 10 nitrogen and oxygen atoms in total. The van der Waals surface area contributed by atoms with Crippen molar-refractivity contribution < 1.29 is 19.1 Å². The zero-order valence-corrected chi connectivity index (χ0v) is 16.7. The van der Waals surface area contributed by atoms with Gasteiger partial charge in [0, 0.05) is 18.3 Å². The molecule has 2 aromatic rings. The van der Waals surface area contributed by atoms with E-state index >= 15 is 0 Å². The molecule has 30 heavy (non-hydrogen) atoms. The fourth-order valence-corrected chi connectivity index (χ4v) is 2.78. The Balaban J connectivity index is 1.99. The van der Waals surface area contributed by atoms with Crippen molar-refractivity contribution in [2.45, 2.75) is 44.4 Å². The molecule has 10 heteroatoms. The lowest BCUT2D eigenvalue weighted by molar-refractivity contribution is -0.128. The van der Waals surface area contributed by atoms with Gasteiger partial charge < -0.3 is 31.8 Å². The lowest BCUT2D eigenvalue weighted by atomic mass is 10.1. The second-order valence-electron chi connectivity index (χ2n) is 6.79. The zero-order chi connectivity index (χ0) is 21.8. The van der Waals surface area contributed by atoms with Crippen LogP contribution >= 0.6 is 0 Å². The molecular formula is C20H28N6O4. The van der Waals surface area contributed by atoms with E-state index < -0.39 is 30.0 Å². The van der Waals surface area contributed by atoms with E-state index in [-0.39, 0.29) is 13.0 Å². The van der Waals surface area contributed by atoms with Gasteiger partial charge in [-0.3, -0.25) is 9.59 Å². The number of aromatic nitrogens is 2. The normalized spacial score (nSPS) is 12.6.